The van der Waals surface area contributed by atoms with Gasteiger partial charge in [-0.25, -0.2) is 28.4 Å². The standard InChI is InChI=1S/C23H33N8O17P3/c24-3-4-26-20-14-21(28-9-27-20)31(10-29-14)23-18(47-49(36,37)38)16(33)13(46-23)8-44-51(41,42)48-50(39,40)43-7-12-15(32)17(34)22(45-12)30-5-1-2-11(6-30)19(25)35/h1-2,5-6,9-10,12-13,15-18,22-23,32-34H,3-4,7-8,24H2,(H6-,25,26,27,28,35,36,37,38,39,40,41,42)/t12-,13-,15-,16-,17-,18-,22-,23-/m1/s1. The number of carbonyl (C=O) groups excluding carboxylic acids is 1. The molecular weight excluding hydrogens is 753 g/mol. The monoisotopic (exact) mass is 786 g/mol. The van der Waals surface area contributed by atoms with E-state index in [1.54, 1.807) is 0 Å². The van der Waals surface area contributed by atoms with E-state index >= 15 is 0 Å². The van der Waals surface area contributed by atoms with Crippen LogP contribution in [0.4, 0.5) is 5.82 Å². The van der Waals surface area contributed by atoms with Crippen molar-refractivity contribution in [2.45, 2.75) is 49.1 Å². The number of aliphatic hydroxyl groups is 3. The Morgan fingerprint density at radius 3 is 2.43 bits per heavy atom. The van der Waals surface area contributed by atoms with Gasteiger partial charge in [-0.1, -0.05) is 0 Å². The molecule has 5 rings (SSSR count). The number of hydrogen-bond donors (Lipinski definition) is 9. The van der Waals surface area contributed by atoms with E-state index in [1.807, 2.05) is 0 Å². The molecular formula is C23H33N8O17P3. The first-order valence-electron chi connectivity index (χ1n) is 14.5. The highest BCUT2D eigenvalue weighted by atomic mass is 31.3. The Kier molecular flexibility index (Phi) is 12.0. The zero-order valence-electron chi connectivity index (χ0n) is 25.8. The molecule has 5 heterocycles. The molecule has 2 saturated heterocycles. The van der Waals surface area contributed by atoms with Crippen LogP contribution in [-0.2, 0) is 41.1 Å². The molecule has 28 heteroatoms. The number of amides is 1. The number of pyridine rings is 1. The zero-order chi connectivity index (χ0) is 37.3. The second-order valence-electron chi connectivity index (χ2n) is 10.9. The van der Waals surface area contributed by atoms with Crippen LogP contribution in [0.5, 0.6) is 0 Å². The van der Waals surface area contributed by atoms with Crippen molar-refractivity contribution in [3.05, 3.63) is 42.7 Å². The van der Waals surface area contributed by atoms with Crippen LogP contribution < -0.4 is 26.2 Å². The van der Waals surface area contributed by atoms with E-state index in [-0.39, 0.29) is 29.1 Å². The minimum Gasteiger partial charge on any atom is -0.756 e. The summed E-state index contributed by atoms with van der Waals surface area (Å²) < 4.78 is 68.5. The van der Waals surface area contributed by atoms with Crippen molar-refractivity contribution in [1.82, 2.24) is 19.5 Å². The minimum atomic E-state index is -5.73. The molecule has 0 radical (unpaired) electrons. The molecule has 0 spiro atoms. The first-order chi connectivity index (χ1) is 23.9. The van der Waals surface area contributed by atoms with Gasteiger partial charge in [0, 0.05) is 19.2 Å². The number of hydrogen-bond acceptors (Lipinski definition) is 19. The summed E-state index contributed by atoms with van der Waals surface area (Å²) in [5.41, 5.74) is 11.0. The van der Waals surface area contributed by atoms with E-state index in [0.29, 0.717) is 6.54 Å². The lowest BCUT2D eigenvalue weighted by Gasteiger charge is -2.26. The van der Waals surface area contributed by atoms with Gasteiger partial charge in [0.25, 0.3) is 20.0 Å². The fourth-order valence-corrected chi connectivity index (χ4v) is 7.72. The predicted molar refractivity (Wildman–Crippen MR) is 161 cm³/mol. The van der Waals surface area contributed by atoms with Gasteiger partial charge in [0.1, 0.15) is 42.4 Å². The van der Waals surface area contributed by atoms with Crippen LogP contribution in [0.3, 0.4) is 0 Å². The third-order valence-electron chi connectivity index (χ3n) is 7.38. The van der Waals surface area contributed by atoms with E-state index in [0.717, 1.165) is 17.2 Å². The number of imidazole rings is 1. The Hall–Kier alpha value is -2.90. The maximum atomic E-state index is 12.6. The van der Waals surface area contributed by atoms with E-state index in [4.69, 9.17) is 30.0 Å². The molecule has 0 bridgehead atoms. The molecule has 2 fully saturated rings. The largest absolute Gasteiger partial charge is 0.756 e. The van der Waals surface area contributed by atoms with Crippen molar-refractivity contribution in [3.63, 3.8) is 0 Å². The molecule has 2 aliphatic heterocycles. The lowest BCUT2D eigenvalue weighted by Crippen LogP contribution is -2.46. The van der Waals surface area contributed by atoms with Crippen molar-refractivity contribution in [1.29, 1.82) is 0 Å². The Labute approximate surface area is 286 Å². The van der Waals surface area contributed by atoms with Crippen molar-refractivity contribution < 1.29 is 85.3 Å². The van der Waals surface area contributed by atoms with Gasteiger partial charge in [0.15, 0.2) is 41.7 Å². The normalized spacial score (nSPS) is 29.2. The second-order valence-corrected chi connectivity index (χ2v) is 15.1. The third-order valence-corrected chi connectivity index (χ3v) is 10.5. The molecule has 2 unspecified atom stereocenters. The summed E-state index contributed by atoms with van der Waals surface area (Å²) >= 11 is 0. The number of aromatic nitrogens is 5. The van der Waals surface area contributed by atoms with Gasteiger partial charge in [-0.05, 0) is 6.07 Å². The first kappa shape index (κ1) is 39.3. The van der Waals surface area contributed by atoms with Gasteiger partial charge in [-0.15, -0.1) is 0 Å². The fraction of sp³-hybridized carbons (Fsp3) is 0.522. The zero-order valence-corrected chi connectivity index (χ0v) is 28.5. The third kappa shape index (κ3) is 9.37. The van der Waals surface area contributed by atoms with Crippen LogP contribution in [0.1, 0.15) is 22.8 Å². The van der Waals surface area contributed by atoms with Crippen LogP contribution in [0.2, 0.25) is 0 Å². The number of anilines is 1. The number of aliphatic hydroxyl groups excluding tert-OH is 3. The number of nitrogens with one attached hydrogen (secondary N) is 1. The molecule has 25 nitrogen and oxygen atoms in total. The van der Waals surface area contributed by atoms with Gasteiger partial charge in [-0.2, -0.15) is 4.57 Å². The van der Waals surface area contributed by atoms with Gasteiger partial charge >= 0.3 is 15.6 Å². The van der Waals surface area contributed by atoms with Crippen LogP contribution >= 0.6 is 23.5 Å². The molecule has 3 aromatic rings. The second kappa shape index (κ2) is 15.6. The number of ether oxygens (including phenoxy) is 2. The SMILES string of the molecule is NCCNc1ncnc2c1ncn2[C@@H]1O[C@H](COP(=O)(O)OP(=O)([O-])OC[C@H]2O[C@@H]([n+]3cccc(C(N)=O)c3)[C@H](O)[C@@H]2O)[C@@H](O)[C@H]1OP(=O)(O)O. The number of carbonyl (C=O) groups is 1. The molecule has 10 atom stereocenters. The van der Waals surface area contributed by atoms with E-state index in [1.165, 1.54) is 29.1 Å². The van der Waals surface area contributed by atoms with Gasteiger partial charge in [0.2, 0.25) is 0 Å². The van der Waals surface area contributed by atoms with Crippen molar-refractivity contribution >= 4 is 46.4 Å². The Morgan fingerprint density at radius 1 is 1.04 bits per heavy atom. The first-order valence-corrected chi connectivity index (χ1v) is 19.0. The van der Waals surface area contributed by atoms with E-state index in [2.05, 4.69) is 29.1 Å². The highest BCUT2D eigenvalue weighted by Crippen LogP contribution is 2.58. The summed E-state index contributed by atoms with van der Waals surface area (Å²) in [5.74, 6) is -0.551. The van der Waals surface area contributed by atoms with Gasteiger partial charge in [-0.3, -0.25) is 23.0 Å². The number of phosphoric ester groups is 3. The summed E-state index contributed by atoms with van der Waals surface area (Å²) in [4.78, 5) is 65.3. The van der Waals surface area contributed by atoms with E-state index in [9.17, 15) is 53.4 Å². The summed E-state index contributed by atoms with van der Waals surface area (Å²) in [6.45, 7) is -1.57. The van der Waals surface area contributed by atoms with Crippen LogP contribution in [-0.4, -0.2) is 118 Å². The van der Waals surface area contributed by atoms with Crippen molar-refractivity contribution in [2.75, 3.05) is 31.6 Å². The molecule has 0 aliphatic carbocycles. The summed E-state index contributed by atoms with van der Waals surface area (Å²) in [6, 6.07) is 2.78. The Morgan fingerprint density at radius 2 is 1.75 bits per heavy atom. The maximum absolute atomic E-state index is 12.6. The Balaban J connectivity index is 1.22. The molecule has 0 aromatic carbocycles. The highest BCUT2D eigenvalue weighted by Gasteiger charge is 2.51. The topological polar surface area (TPSA) is 380 Å². The molecule has 0 saturated carbocycles. The summed E-state index contributed by atoms with van der Waals surface area (Å²) in [7, 11) is -16.6. The van der Waals surface area contributed by atoms with Gasteiger partial charge in [0.05, 0.1) is 19.5 Å². The number of nitrogens with zero attached hydrogens (tertiary/aromatic N) is 5. The minimum absolute atomic E-state index is 0.0320. The molecule has 282 valence electrons. The average molecular weight is 786 g/mol. The highest BCUT2D eigenvalue weighted by molar-refractivity contribution is 7.60. The van der Waals surface area contributed by atoms with E-state index < -0.39 is 91.7 Å². The average Bonchev–Trinajstić information content (AvgIpc) is 3.70. The molecule has 3 aromatic heterocycles. The molecule has 2 aliphatic rings. The summed E-state index contributed by atoms with van der Waals surface area (Å²) in [6.07, 6.45) is -8.46. The summed E-state index contributed by atoms with van der Waals surface area (Å²) in [5, 5.41) is 34.6. The maximum Gasteiger partial charge on any atom is 0.478 e. The number of primary amides is 1. The lowest BCUT2D eigenvalue weighted by molar-refractivity contribution is -0.765. The molecule has 51 heavy (non-hydrogen) atoms. The number of phosphoric acid groups is 3. The van der Waals surface area contributed by atoms with Gasteiger partial charge < -0.3 is 65.7 Å². The van der Waals surface area contributed by atoms with Crippen molar-refractivity contribution in [2.24, 2.45) is 11.5 Å². The predicted octanol–water partition coefficient (Wildman–Crippen LogP) is -3.74. The quantitative estimate of drug-likeness (QED) is 0.0497. The number of rotatable bonds is 16. The molecule has 11 N–H and O–H groups in total. The number of nitrogens with two attached hydrogens (primary N) is 2. The Bertz CT molecular complexity index is 1870. The lowest BCUT2D eigenvalue weighted by atomic mass is 10.1. The molecule has 1 amide bonds. The smallest absolute Gasteiger partial charge is 0.478 e. The van der Waals surface area contributed by atoms with Crippen molar-refractivity contribution in [3.8, 4) is 0 Å². The van der Waals surface area contributed by atoms with Crippen LogP contribution in [0.15, 0.2) is 37.2 Å². The van der Waals surface area contributed by atoms with Crippen LogP contribution in [0.25, 0.3) is 11.2 Å². The fourth-order valence-electron chi connectivity index (χ4n) is 5.13. The van der Waals surface area contributed by atoms with Crippen LogP contribution in [0, 0.1) is 0 Å². The number of fused-ring (bicyclic) bond motifs is 1.